The van der Waals surface area contributed by atoms with Crippen molar-refractivity contribution in [2.75, 3.05) is 0 Å². The third kappa shape index (κ3) is 1.94. The zero-order valence-electron chi connectivity index (χ0n) is 7.70. The lowest BCUT2D eigenvalue weighted by atomic mass is 10.2. The Balaban J connectivity index is 3.49. The Hall–Kier alpha value is -1.33. The normalized spacial score (nSPS) is 11.8. The number of hydrogen-bond acceptors (Lipinski definition) is 2. The molecule has 0 aliphatic carbocycles. The largest absolute Gasteiger partial charge is 0.423 e. The van der Waals surface area contributed by atoms with Crippen molar-refractivity contribution in [2.24, 2.45) is 0 Å². The van der Waals surface area contributed by atoms with Gasteiger partial charge in [-0.1, -0.05) is 6.92 Å². The van der Waals surface area contributed by atoms with Gasteiger partial charge in [-0.2, -0.15) is 13.2 Å². The molecule has 14 heavy (non-hydrogen) atoms. The predicted molar refractivity (Wildman–Crippen MR) is 44.0 cm³/mol. The van der Waals surface area contributed by atoms with Crippen LogP contribution in [0.15, 0.2) is 4.79 Å². The molecule has 0 saturated carbocycles. The Morgan fingerprint density at radius 2 is 2.00 bits per heavy atom. The number of aromatic nitrogens is 2. The highest BCUT2D eigenvalue weighted by molar-refractivity contribution is 5.20. The fourth-order valence-electron chi connectivity index (χ4n) is 1.19. The SMILES string of the molecule is CCc1nc(C)[nH]c(=O)c1C(F)(F)F. The lowest BCUT2D eigenvalue weighted by Crippen LogP contribution is -2.26. The van der Waals surface area contributed by atoms with Crippen molar-refractivity contribution >= 4 is 0 Å². The number of aromatic amines is 1. The standard InChI is InChI=1S/C8H9F3N2O/c1-3-5-6(8(9,10)11)7(14)13-4(2)12-5/h3H2,1-2H3,(H,12,13,14). The fourth-order valence-corrected chi connectivity index (χ4v) is 1.19. The molecular formula is C8H9F3N2O. The average molecular weight is 206 g/mol. The van der Waals surface area contributed by atoms with Crippen molar-refractivity contribution in [1.29, 1.82) is 0 Å². The number of hydrogen-bond donors (Lipinski definition) is 1. The third-order valence-corrected chi connectivity index (χ3v) is 1.73. The van der Waals surface area contributed by atoms with Gasteiger partial charge in [-0.15, -0.1) is 0 Å². The van der Waals surface area contributed by atoms with Crippen LogP contribution in [0.3, 0.4) is 0 Å². The summed E-state index contributed by atoms with van der Waals surface area (Å²) in [5, 5.41) is 0. The Morgan fingerprint density at radius 3 is 2.43 bits per heavy atom. The van der Waals surface area contributed by atoms with Crippen LogP contribution in [0.5, 0.6) is 0 Å². The van der Waals surface area contributed by atoms with E-state index >= 15 is 0 Å². The number of rotatable bonds is 1. The Morgan fingerprint density at radius 1 is 1.43 bits per heavy atom. The molecule has 0 aliphatic heterocycles. The van der Waals surface area contributed by atoms with Crippen LogP contribution in [-0.4, -0.2) is 9.97 Å². The van der Waals surface area contributed by atoms with Crippen molar-refractivity contribution in [1.82, 2.24) is 9.97 Å². The van der Waals surface area contributed by atoms with Crippen molar-refractivity contribution in [3.63, 3.8) is 0 Å². The van der Waals surface area contributed by atoms with E-state index in [9.17, 15) is 18.0 Å². The van der Waals surface area contributed by atoms with Gasteiger partial charge >= 0.3 is 6.18 Å². The number of halogens is 3. The first-order chi connectivity index (χ1) is 6.36. The lowest BCUT2D eigenvalue weighted by molar-refractivity contribution is -0.139. The molecule has 6 heteroatoms. The zero-order valence-corrected chi connectivity index (χ0v) is 7.70. The van der Waals surface area contributed by atoms with Crippen molar-refractivity contribution in [3.8, 4) is 0 Å². The van der Waals surface area contributed by atoms with Gasteiger partial charge in [-0.05, 0) is 13.3 Å². The van der Waals surface area contributed by atoms with Crippen LogP contribution in [0.25, 0.3) is 0 Å². The van der Waals surface area contributed by atoms with Gasteiger partial charge in [0.25, 0.3) is 5.56 Å². The number of H-pyrrole nitrogens is 1. The molecule has 0 unspecified atom stereocenters. The maximum Gasteiger partial charge on any atom is 0.423 e. The molecule has 0 fully saturated rings. The van der Waals surface area contributed by atoms with E-state index in [1.165, 1.54) is 13.8 Å². The zero-order chi connectivity index (χ0) is 10.9. The number of nitrogens with one attached hydrogen (secondary N) is 1. The summed E-state index contributed by atoms with van der Waals surface area (Å²) < 4.78 is 37.1. The smallest absolute Gasteiger partial charge is 0.310 e. The van der Waals surface area contributed by atoms with Gasteiger partial charge in [0.1, 0.15) is 11.4 Å². The van der Waals surface area contributed by atoms with Crippen LogP contribution in [0, 0.1) is 6.92 Å². The van der Waals surface area contributed by atoms with E-state index in [0.29, 0.717) is 0 Å². The summed E-state index contributed by atoms with van der Waals surface area (Å²) in [5.74, 6) is 0.194. The number of aryl methyl sites for hydroxylation is 2. The molecule has 0 aromatic carbocycles. The van der Waals surface area contributed by atoms with E-state index in [1.54, 1.807) is 0 Å². The molecule has 0 radical (unpaired) electrons. The van der Waals surface area contributed by atoms with Gasteiger partial charge in [0.2, 0.25) is 0 Å². The van der Waals surface area contributed by atoms with Gasteiger partial charge in [0, 0.05) is 0 Å². The van der Waals surface area contributed by atoms with Gasteiger partial charge in [0.15, 0.2) is 0 Å². The summed E-state index contributed by atoms with van der Waals surface area (Å²) in [5.41, 5.74) is -2.52. The van der Waals surface area contributed by atoms with Crippen LogP contribution in [0.1, 0.15) is 24.0 Å². The number of alkyl halides is 3. The van der Waals surface area contributed by atoms with E-state index < -0.39 is 17.3 Å². The van der Waals surface area contributed by atoms with Crippen LogP contribution < -0.4 is 5.56 Å². The molecule has 3 nitrogen and oxygen atoms in total. The summed E-state index contributed by atoms with van der Waals surface area (Å²) in [4.78, 5) is 16.7. The van der Waals surface area contributed by atoms with Crippen LogP contribution in [0.2, 0.25) is 0 Å². The molecule has 1 N–H and O–H groups in total. The van der Waals surface area contributed by atoms with Crippen molar-refractivity contribution in [2.45, 2.75) is 26.4 Å². The fraction of sp³-hybridized carbons (Fsp3) is 0.500. The number of nitrogens with zero attached hydrogens (tertiary/aromatic N) is 1. The van der Waals surface area contributed by atoms with Gasteiger partial charge in [0.05, 0.1) is 5.69 Å². The highest BCUT2D eigenvalue weighted by atomic mass is 19.4. The van der Waals surface area contributed by atoms with E-state index in [1.807, 2.05) is 4.98 Å². The first kappa shape index (κ1) is 10.7. The van der Waals surface area contributed by atoms with E-state index in [0.717, 1.165) is 0 Å². The van der Waals surface area contributed by atoms with Crippen molar-refractivity contribution in [3.05, 3.63) is 27.4 Å². The first-order valence-corrected chi connectivity index (χ1v) is 4.03. The molecule has 1 aromatic heterocycles. The minimum atomic E-state index is -4.64. The Bertz CT molecular complexity index is 395. The second-order valence-corrected chi connectivity index (χ2v) is 2.82. The van der Waals surface area contributed by atoms with Crippen LogP contribution >= 0.6 is 0 Å². The Labute approximate surface area is 78.0 Å². The predicted octanol–water partition coefficient (Wildman–Crippen LogP) is 1.66. The molecular weight excluding hydrogens is 197 g/mol. The van der Waals surface area contributed by atoms with Gasteiger partial charge in [-0.25, -0.2) is 4.98 Å². The molecule has 1 aromatic rings. The summed E-state index contributed by atoms with van der Waals surface area (Å²) in [7, 11) is 0. The summed E-state index contributed by atoms with van der Waals surface area (Å²) in [6.07, 6.45) is -4.56. The minimum absolute atomic E-state index is 0.0829. The molecule has 0 saturated heterocycles. The highest BCUT2D eigenvalue weighted by Gasteiger charge is 2.37. The molecule has 0 spiro atoms. The first-order valence-electron chi connectivity index (χ1n) is 4.03. The second-order valence-electron chi connectivity index (χ2n) is 2.82. The quantitative estimate of drug-likeness (QED) is 0.759. The maximum absolute atomic E-state index is 12.4. The summed E-state index contributed by atoms with van der Waals surface area (Å²) >= 11 is 0. The van der Waals surface area contributed by atoms with Crippen LogP contribution in [-0.2, 0) is 12.6 Å². The van der Waals surface area contributed by atoms with Crippen LogP contribution in [0.4, 0.5) is 13.2 Å². The molecule has 1 heterocycles. The van der Waals surface area contributed by atoms with E-state index in [2.05, 4.69) is 4.98 Å². The van der Waals surface area contributed by atoms with Gasteiger partial charge < -0.3 is 4.98 Å². The Kier molecular flexibility index (Phi) is 2.64. The van der Waals surface area contributed by atoms with E-state index in [-0.39, 0.29) is 17.9 Å². The molecule has 1 rings (SSSR count). The molecule has 0 atom stereocenters. The molecule has 78 valence electrons. The molecule has 0 amide bonds. The van der Waals surface area contributed by atoms with E-state index in [4.69, 9.17) is 0 Å². The lowest BCUT2D eigenvalue weighted by Gasteiger charge is -2.09. The minimum Gasteiger partial charge on any atom is -0.310 e. The third-order valence-electron chi connectivity index (χ3n) is 1.73. The topological polar surface area (TPSA) is 45.8 Å². The second kappa shape index (κ2) is 3.43. The summed E-state index contributed by atoms with van der Waals surface area (Å²) in [6, 6.07) is 0. The summed E-state index contributed by atoms with van der Waals surface area (Å²) in [6.45, 7) is 2.97. The monoisotopic (exact) mass is 206 g/mol. The highest BCUT2D eigenvalue weighted by Crippen LogP contribution is 2.28. The maximum atomic E-state index is 12.4. The molecule has 0 aliphatic rings. The molecule has 0 bridgehead atoms. The average Bonchev–Trinajstić information content (AvgIpc) is 1.99. The van der Waals surface area contributed by atoms with Gasteiger partial charge in [-0.3, -0.25) is 4.79 Å². The van der Waals surface area contributed by atoms with Crippen molar-refractivity contribution < 1.29 is 13.2 Å².